The van der Waals surface area contributed by atoms with Gasteiger partial charge in [0, 0.05) is 5.41 Å². The fourth-order valence-corrected chi connectivity index (χ4v) is 6.20. The molecular formula is C17H27NO. The average molecular weight is 261 g/mol. The van der Waals surface area contributed by atoms with Crippen molar-refractivity contribution >= 4 is 5.78 Å². The molecule has 0 spiro atoms. The lowest BCUT2D eigenvalue weighted by atomic mass is 9.68. The predicted molar refractivity (Wildman–Crippen MR) is 75.9 cm³/mol. The minimum Gasteiger partial charge on any atom is -0.310 e. The summed E-state index contributed by atoms with van der Waals surface area (Å²) in [5.41, 5.74) is 0.430. The molecule has 2 nitrogen and oxygen atoms in total. The van der Waals surface area contributed by atoms with Crippen molar-refractivity contribution in [3.8, 4) is 0 Å². The normalized spacial score (nSPS) is 48.9. The lowest BCUT2D eigenvalue weighted by Crippen LogP contribution is -2.52. The van der Waals surface area contributed by atoms with Crippen LogP contribution >= 0.6 is 0 Å². The Morgan fingerprint density at radius 1 is 1.00 bits per heavy atom. The summed E-state index contributed by atoms with van der Waals surface area (Å²) in [5, 5.41) is 3.47. The number of likely N-dealkylation sites (N-methyl/N-ethyl adjacent to an activating group) is 1. The highest BCUT2D eigenvalue weighted by atomic mass is 16.1. The first-order valence-corrected chi connectivity index (χ1v) is 8.39. The summed E-state index contributed by atoms with van der Waals surface area (Å²) in [7, 11) is 2.03. The van der Waals surface area contributed by atoms with Gasteiger partial charge < -0.3 is 5.32 Å². The van der Waals surface area contributed by atoms with Crippen molar-refractivity contribution in [3.63, 3.8) is 0 Å². The molecule has 0 aromatic carbocycles. The van der Waals surface area contributed by atoms with Crippen LogP contribution in [0.4, 0.5) is 0 Å². The molecule has 0 aromatic rings. The van der Waals surface area contributed by atoms with E-state index in [1.807, 2.05) is 7.05 Å². The summed E-state index contributed by atoms with van der Waals surface area (Å²) >= 11 is 0. The minimum atomic E-state index is 0.0910. The Balaban J connectivity index is 1.61. The van der Waals surface area contributed by atoms with Crippen molar-refractivity contribution in [2.24, 2.45) is 22.7 Å². The van der Waals surface area contributed by atoms with Crippen LogP contribution in [0.3, 0.4) is 0 Å². The number of ketones is 1. The van der Waals surface area contributed by atoms with Gasteiger partial charge in [0.2, 0.25) is 0 Å². The Hall–Kier alpha value is -0.370. The minimum absolute atomic E-state index is 0.0910. The molecule has 4 fully saturated rings. The zero-order valence-electron chi connectivity index (χ0n) is 12.2. The molecule has 0 saturated heterocycles. The standard InChI is InChI=1S/C17H27NO/c1-18-14(16-6-2-12(10-16)3-7-16)15(19)17-8-4-13(11-17)5-9-17/h12-14,18H,2-11H2,1H3. The summed E-state index contributed by atoms with van der Waals surface area (Å²) in [6, 6.07) is 0.164. The number of hydrogen-bond donors (Lipinski definition) is 1. The fourth-order valence-electron chi connectivity index (χ4n) is 6.20. The van der Waals surface area contributed by atoms with E-state index < -0.39 is 0 Å². The first-order valence-electron chi connectivity index (χ1n) is 8.39. The third-order valence-corrected chi connectivity index (χ3v) is 7.22. The maximum absolute atomic E-state index is 13.3. The van der Waals surface area contributed by atoms with Crippen LogP contribution in [0, 0.1) is 22.7 Å². The van der Waals surface area contributed by atoms with Gasteiger partial charge in [-0.25, -0.2) is 0 Å². The van der Waals surface area contributed by atoms with Gasteiger partial charge in [-0.05, 0) is 88.5 Å². The van der Waals surface area contributed by atoms with Gasteiger partial charge in [0.25, 0.3) is 0 Å². The summed E-state index contributed by atoms with van der Waals surface area (Å²) in [4.78, 5) is 13.3. The van der Waals surface area contributed by atoms with Gasteiger partial charge in [-0.1, -0.05) is 0 Å². The topological polar surface area (TPSA) is 29.1 Å². The highest BCUT2D eigenvalue weighted by Crippen LogP contribution is 2.60. The zero-order chi connectivity index (χ0) is 13.1. The van der Waals surface area contributed by atoms with E-state index in [9.17, 15) is 4.79 Å². The van der Waals surface area contributed by atoms with E-state index in [2.05, 4.69) is 5.32 Å². The van der Waals surface area contributed by atoms with Gasteiger partial charge in [-0.15, -0.1) is 0 Å². The van der Waals surface area contributed by atoms with E-state index in [1.165, 1.54) is 64.2 Å². The molecule has 1 unspecified atom stereocenters. The number of nitrogens with one attached hydrogen (secondary N) is 1. The van der Waals surface area contributed by atoms with Crippen LogP contribution < -0.4 is 5.32 Å². The Morgan fingerprint density at radius 2 is 1.58 bits per heavy atom. The predicted octanol–water partition coefficient (Wildman–Crippen LogP) is 3.30. The Labute approximate surface area is 116 Å². The van der Waals surface area contributed by atoms with Crippen molar-refractivity contribution in [3.05, 3.63) is 0 Å². The monoisotopic (exact) mass is 261 g/mol. The molecule has 4 bridgehead atoms. The van der Waals surface area contributed by atoms with Crippen LogP contribution in [0.5, 0.6) is 0 Å². The molecule has 4 saturated carbocycles. The lowest BCUT2D eigenvalue weighted by Gasteiger charge is -2.39. The van der Waals surface area contributed by atoms with E-state index >= 15 is 0 Å². The third-order valence-electron chi connectivity index (χ3n) is 7.22. The number of carbonyl (C=O) groups excluding carboxylic acids is 1. The number of carbonyl (C=O) groups is 1. The van der Waals surface area contributed by atoms with Gasteiger partial charge in [0.05, 0.1) is 6.04 Å². The molecule has 0 radical (unpaired) electrons. The largest absolute Gasteiger partial charge is 0.310 e. The van der Waals surface area contributed by atoms with Crippen LogP contribution in [0.25, 0.3) is 0 Å². The van der Waals surface area contributed by atoms with E-state index in [1.54, 1.807) is 0 Å². The first-order chi connectivity index (χ1) is 9.17. The number of rotatable bonds is 4. The van der Waals surface area contributed by atoms with Crippen molar-refractivity contribution < 1.29 is 4.79 Å². The van der Waals surface area contributed by atoms with Crippen LogP contribution in [-0.4, -0.2) is 18.9 Å². The highest BCUT2D eigenvalue weighted by molar-refractivity contribution is 5.91. The number of fused-ring (bicyclic) bond motifs is 4. The molecule has 2 heteroatoms. The van der Waals surface area contributed by atoms with Crippen molar-refractivity contribution in [1.82, 2.24) is 5.32 Å². The molecule has 0 amide bonds. The average Bonchev–Trinajstić information content (AvgIpc) is 3.19. The molecule has 0 aromatic heterocycles. The second-order valence-electron chi connectivity index (χ2n) is 8.02. The summed E-state index contributed by atoms with van der Waals surface area (Å²) in [5.74, 6) is 2.41. The second-order valence-corrected chi connectivity index (χ2v) is 8.02. The van der Waals surface area contributed by atoms with Crippen molar-refractivity contribution in [2.45, 2.75) is 70.3 Å². The first kappa shape index (κ1) is 12.4. The molecule has 106 valence electrons. The van der Waals surface area contributed by atoms with E-state index in [-0.39, 0.29) is 11.5 Å². The third kappa shape index (κ3) is 1.62. The zero-order valence-corrected chi connectivity index (χ0v) is 12.2. The van der Waals surface area contributed by atoms with Crippen LogP contribution in [0.15, 0.2) is 0 Å². The summed E-state index contributed by atoms with van der Waals surface area (Å²) in [6.45, 7) is 0. The molecule has 0 aliphatic heterocycles. The molecule has 1 N–H and O–H groups in total. The smallest absolute Gasteiger partial charge is 0.156 e. The Kier molecular flexibility index (Phi) is 2.65. The van der Waals surface area contributed by atoms with E-state index in [4.69, 9.17) is 0 Å². The highest BCUT2D eigenvalue weighted by Gasteiger charge is 2.57. The van der Waals surface area contributed by atoms with Crippen molar-refractivity contribution in [2.75, 3.05) is 7.05 Å². The van der Waals surface area contributed by atoms with Gasteiger partial charge in [-0.2, -0.15) is 0 Å². The van der Waals surface area contributed by atoms with E-state index in [0.29, 0.717) is 11.2 Å². The maximum atomic E-state index is 13.3. The molecule has 4 aliphatic carbocycles. The maximum Gasteiger partial charge on any atom is 0.156 e. The SMILES string of the molecule is CNC(C(=O)C12CCC(CC1)C2)C12CCC(CC1)C2. The molecule has 19 heavy (non-hydrogen) atoms. The van der Waals surface area contributed by atoms with Crippen LogP contribution in [0.1, 0.15) is 64.2 Å². The molecule has 4 aliphatic rings. The van der Waals surface area contributed by atoms with E-state index in [0.717, 1.165) is 11.8 Å². The number of hydrogen-bond acceptors (Lipinski definition) is 2. The van der Waals surface area contributed by atoms with Gasteiger partial charge in [-0.3, -0.25) is 4.79 Å². The van der Waals surface area contributed by atoms with Crippen LogP contribution in [-0.2, 0) is 4.79 Å². The molecule has 1 atom stereocenters. The molecule has 4 rings (SSSR count). The Bertz CT molecular complexity index is 386. The summed E-state index contributed by atoms with van der Waals surface area (Å²) < 4.78 is 0. The molecular weight excluding hydrogens is 234 g/mol. The molecule has 0 heterocycles. The van der Waals surface area contributed by atoms with Gasteiger partial charge in [0.1, 0.15) is 0 Å². The number of Topliss-reactive ketones (excluding diaryl/α,β-unsaturated/α-hetero) is 1. The van der Waals surface area contributed by atoms with Gasteiger partial charge in [0.15, 0.2) is 5.78 Å². The van der Waals surface area contributed by atoms with Crippen molar-refractivity contribution in [1.29, 1.82) is 0 Å². The van der Waals surface area contributed by atoms with Gasteiger partial charge >= 0.3 is 0 Å². The second kappa shape index (κ2) is 4.07. The van der Waals surface area contributed by atoms with Crippen LogP contribution in [0.2, 0.25) is 0 Å². The fraction of sp³-hybridized carbons (Fsp3) is 0.941. The lowest BCUT2D eigenvalue weighted by molar-refractivity contribution is -0.133. The Morgan fingerprint density at radius 3 is 2.00 bits per heavy atom. The summed E-state index contributed by atoms with van der Waals surface area (Å²) in [6.07, 6.45) is 12.9. The quantitative estimate of drug-likeness (QED) is 0.841.